The van der Waals surface area contributed by atoms with Crippen LogP contribution in [-0.4, -0.2) is 32.0 Å². The summed E-state index contributed by atoms with van der Waals surface area (Å²) in [6.07, 6.45) is 0.651. The fourth-order valence-corrected chi connectivity index (χ4v) is 2.04. The molecular formula is C9H14N3O6P. The van der Waals surface area contributed by atoms with Crippen LogP contribution in [0.4, 0.5) is 5.82 Å². The fourth-order valence-electron chi connectivity index (χ4n) is 1.74. The molecule has 1 aromatic heterocycles. The zero-order chi connectivity index (χ0) is 14.9. The molecule has 0 amide bonds. The fraction of sp³-hybridized carbons (Fsp3) is 0.556. The van der Waals surface area contributed by atoms with Gasteiger partial charge in [0, 0.05) is 6.20 Å². The van der Waals surface area contributed by atoms with Crippen LogP contribution in [0.25, 0.3) is 0 Å². The van der Waals surface area contributed by atoms with Crippen LogP contribution < -0.4 is 11.4 Å². The second-order valence-corrected chi connectivity index (χ2v) is 5.17. The van der Waals surface area contributed by atoms with E-state index in [-0.39, 0.29) is 5.82 Å². The highest BCUT2D eigenvalue weighted by atomic mass is 31.2. The first-order valence-electron chi connectivity index (χ1n) is 6.00. The van der Waals surface area contributed by atoms with Gasteiger partial charge in [0.05, 0.1) is 14.1 Å². The van der Waals surface area contributed by atoms with Gasteiger partial charge in [0.25, 0.3) is 0 Å². The molecule has 1 saturated heterocycles. The number of nitrogen functional groups attached to an aromatic ring is 1. The van der Waals surface area contributed by atoms with Gasteiger partial charge in [-0.25, -0.2) is 9.36 Å². The lowest BCUT2D eigenvalue weighted by Gasteiger charge is -2.15. The molecule has 4 N–H and O–H groups in total. The van der Waals surface area contributed by atoms with Crippen LogP contribution >= 0.6 is 7.82 Å². The normalized spacial score (nSPS) is 26.1. The van der Waals surface area contributed by atoms with Crippen molar-refractivity contribution in [2.45, 2.75) is 25.2 Å². The lowest BCUT2D eigenvalue weighted by molar-refractivity contribution is -0.0242. The van der Waals surface area contributed by atoms with E-state index < -0.39 is 32.4 Å². The Labute approximate surface area is 109 Å². The first kappa shape index (κ1) is 12.8. The number of hydrogen-bond donors (Lipinski definition) is 3. The summed E-state index contributed by atoms with van der Waals surface area (Å²) in [6.45, 7) is -1.53. The van der Waals surface area contributed by atoms with Gasteiger partial charge in [0.15, 0.2) is 0 Å². The van der Waals surface area contributed by atoms with Gasteiger partial charge in [0.2, 0.25) is 0 Å². The Bertz CT molecular complexity index is 589. The second-order valence-electron chi connectivity index (χ2n) is 3.98. The van der Waals surface area contributed by atoms with Crippen LogP contribution in [0, 0.1) is 0 Å². The number of hydrogen-bond acceptors (Lipinski definition) is 6. The van der Waals surface area contributed by atoms with E-state index in [9.17, 15) is 9.36 Å². The summed E-state index contributed by atoms with van der Waals surface area (Å²) in [5.74, 6) is 0.0870. The highest BCUT2D eigenvalue weighted by Gasteiger charge is 2.29. The predicted octanol–water partition coefficient (Wildman–Crippen LogP) is -0.388. The molecule has 1 fully saturated rings. The molecule has 1 aliphatic rings. The van der Waals surface area contributed by atoms with Crippen LogP contribution in [-0.2, 0) is 13.8 Å². The summed E-state index contributed by atoms with van der Waals surface area (Å²) in [5.41, 5.74) is 4.78. The van der Waals surface area contributed by atoms with Crippen LogP contribution in [0.2, 0.25) is 0 Å². The largest absolute Gasteiger partial charge is 0.469 e. The van der Waals surface area contributed by atoms with Crippen LogP contribution in [0.1, 0.15) is 20.4 Å². The van der Waals surface area contributed by atoms with Crippen molar-refractivity contribution in [2.24, 2.45) is 0 Å². The van der Waals surface area contributed by atoms with Gasteiger partial charge in [-0.1, -0.05) is 0 Å². The molecule has 19 heavy (non-hydrogen) atoms. The van der Waals surface area contributed by atoms with E-state index in [1.807, 2.05) is 0 Å². The second kappa shape index (κ2) is 5.40. The molecule has 1 unspecified atom stereocenters. The van der Waals surface area contributed by atoms with Gasteiger partial charge in [-0.2, -0.15) is 4.98 Å². The number of aromatic nitrogens is 2. The molecule has 0 aromatic carbocycles. The van der Waals surface area contributed by atoms with Gasteiger partial charge in [-0.05, 0) is 18.9 Å². The quantitative estimate of drug-likeness (QED) is 0.638. The number of nitrogens with two attached hydrogens (primary N) is 1. The van der Waals surface area contributed by atoms with Gasteiger partial charge in [0.1, 0.15) is 12.0 Å². The number of phosphoric ester groups is 1. The number of phosphoric acid groups is 1. The molecule has 0 saturated carbocycles. The minimum atomic E-state index is -4.75. The molecule has 0 bridgehead atoms. The molecule has 1 aliphatic heterocycles. The Morgan fingerprint density at radius 3 is 3.05 bits per heavy atom. The molecule has 1 aromatic rings. The number of nitrogens with zero attached hydrogens (tertiary/aromatic N) is 2. The van der Waals surface area contributed by atoms with Crippen molar-refractivity contribution in [3.63, 3.8) is 0 Å². The number of ether oxygens (including phenoxy) is 1. The third-order valence-corrected chi connectivity index (χ3v) is 2.94. The Kier molecular flexibility index (Phi) is 3.63. The number of anilines is 1. The van der Waals surface area contributed by atoms with Crippen molar-refractivity contribution in [3.05, 3.63) is 22.7 Å². The topological polar surface area (TPSA) is 137 Å². The molecule has 9 nitrogen and oxygen atoms in total. The summed E-state index contributed by atoms with van der Waals surface area (Å²) in [4.78, 5) is 32.5. The Morgan fingerprint density at radius 1 is 1.68 bits per heavy atom. The SMILES string of the molecule is [2H]C(OP(=O)(O)O)[C@@H]1CC[C@H](n2ccc(N)nc2=O)O1. The third kappa shape index (κ3) is 3.85. The predicted molar refractivity (Wildman–Crippen MR) is 64.0 cm³/mol. The zero-order valence-electron chi connectivity index (χ0n) is 10.7. The molecule has 3 atom stereocenters. The first-order valence-corrected chi connectivity index (χ1v) is 6.95. The minimum Gasteiger partial charge on any atom is -0.383 e. The van der Waals surface area contributed by atoms with E-state index in [4.69, 9.17) is 21.6 Å². The molecular weight excluding hydrogens is 277 g/mol. The van der Waals surface area contributed by atoms with E-state index in [0.29, 0.717) is 12.8 Å². The Hall–Kier alpha value is -1.25. The summed E-state index contributed by atoms with van der Waals surface area (Å²) in [7, 11) is -4.75. The third-order valence-electron chi connectivity index (χ3n) is 2.54. The van der Waals surface area contributed by atoms with Gasteiger partial charge in [-0.15, -0.1) is 0 Å². The van der Waals surface area contributed by atoms with Gasteiger partial charge >= 0.3 is 13.5 Å². The molecule has 2 heterocycles. The monoisotopic (exact) mass is 292 g/mol. The van der Waals surface area contributed by atoms with Crippen molar-refractivity contribution < 1.29 is 25.0 Å². The van der Waals surface area contributed by atoms with Gasteiger partial charge in [-0.3, -0.25) is 9.09 Å². The lowest BCUT2D eigenvalue weighted by atomic mass is 10.2. The molecule has 0 radical (unpaired) electrons. The molecule has 0 aliphatic carbocycles. The standard InChI is InChI=1S/C9H14N3O6P/c10-7-3-4-12(9(13)11-7)8-2-1-6(18-8)5-17-19(14,15)16/h3-4,6,8H,1-2,5H2,(H2,10,11,13)(H2,14,15,16)/t6-,8+/m0/s1/i5D/t5?,6-,8+. The average molecular weight is 292 g/mol. The molecule has 0 spiro atoms. The van der Waals surface area contributed by atoms with Crippen LogP contribution in [0.15, 0.2) is 17.1 Å². The van der Waals surface area contributed by atoms with Crippen molar-refractivity contribution in [2.75, 3.05) is 12.3 Å². The molecule has 2 rings (SSSR count). The first-order chi connectivity index (χ1) is 9.26. The van der Waals surface area contributed by atoms with E-state index >= 15 is 0 Å². The maximum absolute atomic E-state index is 11.6. The van der Waals surface area contributed by atoms with Gasteiger partial charge < -0.3 is 20.3 Å². The lowest BCUT2D eigenvalue weighted by Crippen LogP contribution is -2.27. The molecule has 10 heteroatoms. The highest BCUT2D eigenvalue weighted by molar-refractivity contribution is 7.46. The van der Waals surface area contributed by atoms with Crippen molar-refractivity contribution in [3.8, 4) is 0 Å². The summed E-state index contributed by atoms with van der Waals surface area (Å²) >= 11 is 0. The van der Waals surface area contributed by atoms with Crippen LogP contribution in [0.3, 0.4) is 0 Å². The van der Waals surface area contributed by atoms with E-state index in [2.05, 4.69) is 9.51 Å². The summed E-state index contributed by atoms with van der Waals surface area (Å²) in [6, 6.07) is 1.43. The van der Waals surface area contributed by atoms with Crippen molar-refractivity contribution >= 4 is 13.6 Å². The summed E-state index contributed by atoms with van der Waals surface area (Å²) in [5, 5.41) is 0. The Morgan fingerprint density at radius 2 is 2.42 bits per heavy atom. The minimum absolute atomic E-state index is 0.0870. The van der Waals surface area contributed by atoms with Crippen molar-refractivity contribution in [1.29, 1.82) is 0 Å². The number of rotatable bonds is 4. The highest BCUT2D eigenvalue weighted by Crippen LogP contribution is 2.37. The zero-order valence-corrected chi connectivity index (χ0v) is 10.6. The summed E-state index contributed by atoms with van der Waals surface area (Å²) < 4.78 is 29.0. The molecule has 106 valence electrons. The average Bonchev–Trinajstić information content (AvgIpc) is 2.75. The Balaban J connectivity index is 2.05. The van der Waals surface area contributed by atoms with E-state index in [0.717, 1.165) is 0 Å². The van der Waals surface area contributed by atoms with Crippen molar-refractivity contribution in [1.82, 2.24) is 9.55 Å². The van der Waals surface area contributed by atoms with Crippen LogP contribution in [0.5, 0.6) is 0 Å². The smallest absolute Gasteiger partial charge is 0.383 e. The van der Waals surface area contributed by atoms with E-state index in [1.54, 1.807) is 0 Å². The maximum atomic E-state index is 11.6. The maximum Gasteiger partial charge on any atom is 0.469 e. The van der Waals surface area contributed by atoms with E-state index in [1.165, 1.54) is 16.8 Å².